The van der Waals surface area contributed by atoms with Crippen molar-refractivity contribution >= 4 is 88.9 Å². The number of piperidine rings is 6. The van der Waals surface area contributed by atoms with Gasteiger partial charge >= 0.3 is 12.2 Å². The van der Waals surface area contributed by atoms with Crippen LogP contribution in [0.4, 0.5) is 9.59 Å². The molecule has 0 radical (unpaired) electrons. The Morgan fingerprint density at radius 3 is 0.970 bits per heavy atom. The molecule has 99 heavy (non-hydrogen) atoms. The molecular formula is C70H82N12O17. The van der Waals surface area contributed by atoms with Crippen molar-refractivity contribution in [3.05, 3.63) is 103 Å². The number of hydrogen-bond donors (Lipinski definition) is 5. The molecule has 6 fully saturated rings. The maximum atomic E-state index is 13.1. The monoisotopic (exact) mass is 1360 g/mol. The normalized spacial score (nSPS) is 23.4. The first-order valence-electron chi connectivity index (χ1n) is 34.0. The summed E-state index contributed by atoms with van der Waals surface area (Å²) in [7, 11) is 0. The summed E-state index contributed by atoms with van der Waals surface area (Å²) in [5.74, 6) is -5.40. The quantitative estimate of drug-likeness (QED) is 0.229. The Morgan fingerprint density at radius 1 is 0.374 bits per heavy atom. The number of amides is 14. The van der Waals surface area contributed by atoms with E-state index in [1.54, 1.807) is 34.1 Å². The molecule has 3 aromatic rings. The number of ketones is 1. The van der Waals surface area contributed by atoms with E-state index in [9.17, 15) is 71.9 Å². The third-order valence-electron chi connectivity index (χ3n) is 19.8. The van der Waals surface area contributed by atoms with Crippen molar-refractivity contribution < 1.29 is 81.4 Å². The zero-order chi connectivity index (χ0) is 70.7. The molecule has 14 amide bonds. The van der Waals surface area contributed by atoms with Gasteiger partial charge in [-0.25, -0.2) is 9.59 Å². The molecule has 3 aromatic carbocycles. The van der Waals surface area contributed by atoms with Crippen LogP contribution in [0.3, 0.4) is 0 Å². The van der Waals surface area contributed by atoms with Crippen LogP contribution in [0.15, 0.2) is 36.4 Å². The molecule has 0 spiro atoms. The number of nitrogens with one attached hydrogen (secondary N) is 5. The summed E-state index contributed by atoms with van der Waals surface area (Å²) in [6.45, 7) is 19.6. The molecule has 12 aliphatic heterocycles. The van der Waals surface area contributed by atoms with E-state index in [2.05, 4.69) is 36.4 Å². The van der Waals surface area contributed by atoms with Crippen LogP contribution >= 0.6 is 0 Å². The summed E-state index contributed by atoms with van der Waals surface area (Å²) in [6.07, 6.45) is 5.05. The maximum Gasteiger partial charge on any atom is 0.410 e. The van der Waals surface area contributed by atoms with Gasteiger partial charge in [0.05, 0.1) is 33.4 Å². The Labute approximate surface area is 570 Å². The minimum atomic E-state index is -0.957. The van der Waals surface area contributed by atoms with Crippen LogP contribution in [0, 0.1) is 0 Å². The molecule has 12 aliphatic rings. The van der Waals surface area contributed by atoms with E-state index < -0.39 is 82.5 Å². The van der Waals surface area contributed by atoms with Gasteiger partial charge in [-0.3, -0.25) is 103 Å². The molecule has 0 saturated carbocycles. The first-order chi connectivity index (χ1) is 47.0. The highest BCUT2D eigenvalue weighted by molar-refractivity contribution is 6.25. The van der Waals surface area contributed by atoms with Gasteiger partial charge in [-0.05, 0) is 169 Å². The van der Waals surface area contributed by atoms with Crippen molar-refractivity contribution in [2.24, 2.45) is 0 Å². The lowest BCUT2D eigenvalue weighted by Gasteiger charge is -2.37. The number of nitrogens with zero attached hydrogens (tertiary/aromatic N) is 7. The number of Topliss-reactive ketones (excluding diaryl/α,β-unsaturated/α-hetero) is 1. The second kappa shape index (κ2) is 27.7. The van der Waals surface area contributed by atoms with Gasteiger partial charge in [0.25, 0.3) is 35.4 Å². The third-order valence-corrected chi connectivity index (χ3v) is 19.8. The topological polar surface area (TPSA) is 357 Å². The fourth-order valence-electron chi connectivity index (χ4n) is 14.7. The molecule has 3 atom stereocenters. The SMILES string of the molecule is CC(C)(C)OC(=O)N1CCC(=O)CC1.CC(C)(C)OC(=O)N1CCC(N2Cc3cc4c(cc3C2)C(=O)N(C2CCC(=O)NC2=O)C4=O)CC1.O=C1CCC(N2C(=O)c3cc4c(cc3C2=O)CN(C2CCNCC2)C4)C(=O)N1.O=C1CCC(N2C(=O)c3cc4c(cc3C2=O)CNC4)C(=O)N1. The highest BCUT2D eigenvalue weighted by Crippen LogP contribution is 2.38. The molecule has 6 saturated heterocycles. The number of imide groups is 6. The van der Waals surface area contributed by atoms with Crippen molar-refractivity contribution in [2.45, 2.75) is 199 Å². The van der Waals surface area contributed by atoms with Crippen molar-refractivity contribution in [2.75, 3.05) is 39.3 Å². The summed E-state index contributed by atoms with van der Waals surface area (Å²) in [5, 5.41) is 13.2. The van der Waals surface area contributed by atoms with E-state index in [0.29, 0.717) is 111 Å². The van der Waals surface area contributed by atoms with E-state index in [-0.39, 0.29) is 74.2 Å². The zero-order valence-electron chi connectivity index (χ0n) is 56.4. The van der Waals surface area contributed by atoms with E-state index in [1.165, 1.54) is 0 Å². The molecule has 12 heterocycles. The lowest BCUT2D eigenvalue weighted by Crippen LogP contribution is -2.54. The van der Waals surface area contributed by atoms with Crippen LogP contribution in [0.25, 0.3) is 0 Å². The van der Waals surface area contributed by atoms with Crippen molar-refractivity contribution in [1.82, 2.24) is 60.9 Å². The smallest absolute Gasteiger partial charge is 0.410 e. The average molecular weight is 1360 g/mol. The summed E-state index contributed by atoms with van der Waals surface area (Å²) in [4.78, 5) is 194. The van der Waals surface area contributed by atoms with Gasteiger partial charge in [0, 0.05) is 110 Å². The highest BCUT2D eigenvalue weighted by Gasteiger charge is 2.49. The summed E-state index contributed by atoms with van der Waals surface area (Å²) >= 11 is 0. The molecule has 29 nitrogen and oxygen atoms in total. The molecule has 0 aliphatic carbocycles. The largest absolute Gasteiger partial charge is 0.444 e. The lowest BCUT2D eigenvalue weighted by atomic mass is 10.0. The Bertz CT molecular complexity index is 3850. The predicted octanol–water partition coefficient (Wildman–Crippen LogP) is 3.24. The first-order valence-corrected chi connectivity index (χ1v) is 34.0. The number of benzene rings is 3. The number of carbonyl (C=O) groups is 15. The van der Waals surface area contributed by atoms with Crippen LogP contribution < -0.4 is 26.6 Å². The van der Waals surface area contributed by atoms with Gasteiger partial charge in [0.2, 0.25) is 35.4 Å². The summed E-state index contributed by atoms with van der Waals surface area (Å²) in [6, 6.07) is 8.74. The maximum absolute atomic E-state index is 13.1. The average Bonchev–Trinajstić information content (AvgIpc) is 1.61. The molecule has 3 unspecified atom stereocenters. The fourth-order valence-corrected chi connectivity index (χ4v) is 14.7. The number of rotatable bonds is 5. The minimum absolute atomic E-state index is 0.0992. The molecule has 15 rings (SSSR count). The van der Waals surface area contributed by atoms with Crippen molar-refractivity contribution in [3.8, 4) is 0 Å². The first kappa shape index (κ1) is 69.5. The van der Waals surface area contributed by atoms with Crippen LogP contribution in [0.2, 0.25) is 0 Å². The van der Waals surface area contributed by atoms with Gasteiger partial charge in [-0.15, -0.1) is 0 Å². The Kier molecular flexibility index (Phi) is 19.4. The van der Waals surface area contributed by atoms with E-state index >= 15 is 0 Å². The van der Waals surface area contributed by atoms with Crippen LogP contribution in [0.5, 0.6) is 0 Å². The lowest BCUT2D eigenvalue weighted by molar-refractivity contribution is -0.137. The second-order valence-corrected chi connectivity index (χ2v) is 28.9. The number of carbonyl (C=O) groups excluding carboxylic acids is 15. The van der Waals surface area contributed by atoms with E-state index in [0.717, 1.165) is 99.9 Å². The summed E-state index contributed by atoms with van der Waals surface area (Å²) in [5.41, 5.74) is 7.29. The van der Waals surface area contributed by atoms with Crippen LogP contribution in [0.1, 0.15) is 214 Å². The molecule has 29 heteroatoms. The standard InChI is InChI=1S/C25H30N4O6.C20H22N4O4.C15H13N3O4.C10H17NO3/c1-25(2,3)35-24(34)27-8-6-16(7-9-27)28-12-14-10-17-18(11-15(14)13-28)23(33)29(22(17)32)19-4-5-20(30)26-21(19)31;25-17-2-1-16(18(26)22-17)24-19(27)14-7-11-9-23(13-3-5-21-6-4-13)10-12(11)8-15(14)20(24)28;19-12-2-1-11(13(20)17-12)18-14(21)9-3-7-5-16-6-8(7)4-10(9)15(18)22;1-10(2,3)14-9(13)11-6-4-8(12)5-7-11/h10-11,16,19H,4-9,12-13H2,1-3H3,(H,26,30,31);7-8,13,16,21H,1-6,9-10H2,(H,22,25,26);3-4,11,16H,1-2,5-6H2,(H,17,19,20);4-7H2,1-3H3. The van der Waals surface area contributed by atoms with Gasteiger partial charge in [-0.2, -0.15) is 0 Å². The third kappa shape index (κ3) is 14.5. The minimum Gasteiger partial charge on any atom is -0.444 e. The van der Waals surface area contributed by atoms with Gasteiger partial charge in [0.15, 0.2) is 0 Å². The summed E-state index contributed by atoms with van der Waals surface area (Å²) < 4.78 is 10.7. The van der Waals surface area contributed by atoms with Gasteiger partial charge < -0.3 is 29.9 Å². The molecule has 0 aromatic heterocycles. The van der Waals surface area contributed by atoms with Crippen molar-refractivity contribution in [3.63, 3.8) is 0 Å². The predicted molar refractivity (Wildman–Crippen MR) is 347 cm³/mol. The molecule has 0 bridgehead atoms. The van der Waals surface area contributed by atoms with Crippen molar-refractivity contribution in [1.29, 1.82) is 0 Å². The highest BCUT2D eigenvalue weighted by atomic mass is 16.6. The number of fused-ring (bicyclic) bond motifs is 6. The molecule has 524 valence electrons. The second-order valence-electron chi connectivity index (χ2n) is 28.9. The van der Waals surface area contributed by atoms with Crippen LogP contribution in [-0.4, -0.2) is 204 Å². The van der Waals surface area contributed by atoms with Gasteiger partial charge in [0.1, 0.15) is 35.1 Å². The van der Waals surface area contributed by atoms with E-state index in [1.807, 2.05) is 53.7 Å². The number of hydrogen-bond acceptors (Lipinski definition) is 21. The zero-order valence-corrected chi connectivity index (χ0v) is 56.4. The Morgan fingerprint density at radius 2 is 0.667 bits per heavy atom. The molecular weight excluding hydrogens is 1280 g/mol. The fraction of sp³-hybridized carbons (Fsp3) is 0.529. The van der Waals surface area contributed by atoms with E-state index in [4.69, 9.17) is 9.47 Å². The van der Waals surface area contributed by atoms with Crippen LogP contribution in [-0.2, 0) is 82.3 Å². The Hall–Kier alpha value is -9.45. The van der Waals surface area contributed by atoms with Gasteiger partial charge in [-0.1, -0.05) is 0 Å². The molecule has 5 N–H and O–H groups in total. The number of likely N-dealkylation sites (tertiary alicyclic amines) is 2. The Balaban J connectivity index is 0.000000131. The number of ether oxygens (including phenoxy) is 2.